The van der Waals surface area contributed by atoms with E-state index in [0.717, 1.165) is 49.1 Å². The van der Waals surface area contributed by atoms with Crippen molar-refractivity contribution >= 4 is 16.8 Å². The number of primary amides is 1. The van der Waals surface area contributed by atoms with E-state index in [1.165, 1.54) is 0 Å². The summed E-state index contributed by atoms with van der Waals surface area (Å²) in [4.78, 5) is 18.9. The van der Waals surface area contributed by atoms with Gasteiger partial charge in [-0.3, -0.25) is 9.69 Å². The highest BCUT2D eigenvalue weighted by atomic mass is 16.5. The number of pyridine rings is 1. The van der Waals surface area contributed by atoms with Crippen molar-refractivity contribution in [3.05, 3.63) is 60.2 Å². The van der Waals surface area contributed by atoms with Gasteiger partial charge in [-0.2, -0.15) is 0 Å². The van der Waals surface area contributed by atoms with Gasteiger partial charge in [0, 0.05) is 36.7 Å². The minimum Gasteiger partial charge on any atom is -0.491 e. The van der Waals surface area contributed by atoms with Crippen LogP contribution in [0.4, 0.5) is 0 Å². The van der Waals surface area contributed by atoms with Gasteiger partial charge in [0.2, 0.25) is 0 Å². The number of aliphatic hydroxyl groups excluding tert-OH is 1. The summed E-state index contributed by atoms with van der Waals surface area (Å²) in [6.45, 7) is 3.06. The summed E-state index contributed by atoms with van der Waals surface area (Å²) in [6, 6.07) is 17.1. The van der Waals surface area contributed by atoms with Gasteiger partial charge in [-0.15, -0.1) is 0 Å². The molecule has 2 heterocycles. The molecular formula is C23H25N3O3. The van der Waals surface area contributed by atoms with Crippen LogP contribution >= 0.6 is 0 Å². The Morgan fingerprint density at radius 1 is 1.14 bits per heavy atom. The first kappa shape index (κ1) is 19.4. The van der Waals surface area contributed by atoms with E-state index in [-0.39, 0.29) is 6.10 Å². The predicted octanol–water partition coefficient (Wildman–Crippen LogP) is 2.84. The third-order valence-electron chi connectivity index (χ3n) is 5.36. The van der Waals surface area contributed by atoms with Crippen LogP contribution in [0.2, 0.25) is 0 Å². The second-order valence-corrected chi connectivity index (χ2v) is 7.36. The molecule has 1 fully saturated rings. The highest BCUT2D eigenvalue weighted by Gasteiger charge is 2.18. The fourth-order valence-electron chi connectivity index (χ4n) is 3.72. The summed E-state index contributed by atoms with van der Waals surface area (Å²) in [5, 5.41) is 10.4. The van der Waals surface area contributed by atoms with E-state index in [1.807, 2.05) is 42.5 Å². The van der Waals surface area contributed by atoms with E-state index >= 15 is 0 Å². The van der Waals surface area contributed by atoms with Crippen LogP contribution in [0, 0.1) is 0 Å². The Labute approximate surface area is 169 Å². The van der Waals surface area contributed by atoms with Crippen molar-refractivity contribution in [1.29, 1.82) is 0 Å². The molecule has 0 saturated carbocycles. The van der Waals surface area contributed by atoms with Crippen LogP contribution in [0.3, 0.4) is 0 Å². The molecule has 2 aromatic carbocycles. The van der Waals surface area contributed by atoms with E-state index in [0.29, 0.717) is 23.4 Å². The van der Waals surface area contributed by atoms with Crippen LogP contribution in [0.25, 0.3) is 22.2 Å². The molecule has 0 atom stereocenters. The zero-order chi connectivity index (χ0) is 20.2. The monoisotopic (exact) mass is 391 g/mol. The maximum Gasteiger partial charge on any atom is 0.250 e. The molecular weight excluding hydrogens is 366 g/mol. The minimum absolute atomic E-state index is 0.183. The van der Waals surface area contributed by atoms with Crippen molar-refractivity contribution < 1.29 is 14.6 Å². The van der Waals surface area contributed by atoms with Gasteiger partial charge in [0.05, 0.1) is 22.9 Å². The maximum absolute atomic E-state index is 11.9. The van der Waals surface area contributed by atoms with Crippen LogP contribution in [-0.4, -0.2) is 53.2 Å². The molecule has 0 aliphatic carbocycles. The highest BCUT2D eigenvalue weighted by Crippen LogP contribution is 2.31. The summed E-state index contributed by atoms with van der Waals surface area (Å²) in [7, 11) is 0. The van der Waals surface area contributed by atoms with Gasteiger partial charge in [-0.25, -0.2) is 4.98 Å². The number of carbonyl (C=O) groups is 1. The van der Waals surface area contributed by atoms with Gasteiger partial charge in [-0.1, -0.05) is 36.4 Å². The lowest BCUT2D eigenvalue weighted by molar-refractivity contribution is 0.0756. The van der Waals surface area contributed by atoms with Gasteiger partial charge in [0.25, 0.3) is 5.91 Å². The number of nitrogens with zero attached hydrogens (tertiary/aromatic N) is 2. The predicted molar refractivity (Wildman–Crippen MR) is 113 cm³/mol. The second kappa shape index (κ2) is 8.59. The molecule has 3 aromatic rings. The molecule has 6 nitrogen and oxygen atoms in total. The van der Waals surface area contributed by atoms with Gasteiger partial charge < -0.3 is 15.6 Å². The van der Waals surface area contributed by atoms with Crippen molar-refractivity contribution in [2.24, 2.45) is 5.73 Å². The molecule has 0 unspecified atom stereocenters. The number of amides is 1. The Morgan fingerprint density at radius 2 is 1.90 bits per heavy atom. The average molecular weight is 391 g/mol. The van der Waals surface area contributed by atoms with Crippen molar-refractivity contribution in [2.45, 2.75) is 18.9 Å². The number of hydrogen-bond donors (Lipinski definition) is 2. The van der Waals surface area contributed by atoms with Crippen LogP contribution in [0.5, 0.6) is 5.75 Å². The number of benzene rings is 2. The quantitative estimate of drug-likeness (QED) is 0.675. The van der Waals surface area contributed by atoms with Crippen molar-refractivity contribution in [3.8, 4) is 17.0 Å². The molecule has 6 heteroatoms. The molecule has 29 heavy (non-hydrogen) atoms. The van der Waals surface area contributed by atoms with Crippen molar-refractivity contribution in [3.63, 3.8) is 0 Å². The molecule has 4 rings (SSSR count). The summed E-state index contributed by atoms with van der Waals surface area (Å²) in [5.41, 5.74) is 8.20. The second-order valence-electron chi connectivity index (χ2n) is 7.36. The molecule has 0 radical (unpaired) electrons. The molecule has 3 N–H and O–H groups in total. The summed E-state index contributed by atoms with van der Waals surface area (Å²) in [6.07, 6.45) is 1.42. The number of carbonyl (C=O) groups excluding carboxylic acids is 1. The first-order chi connectivity index (χ1) is 14.1. The summed E-state index contributed by atoms with van der Waals surface area (Å²) in [5.74, 6) is 0.181. The number of aliphatic hydroxyl groups is 1. The number of likely N-dealkylation sites (tertiary alicyclic amines) is 1. The van der Waals surface area contributed by atoms with Crippen LogP contribution in [0.15, 0.2) is 54.6 Å². The Morgan fingerprint density at radius 3 is 2.62 bits per heavy atom. The minimum atomic E-state index is -0.508. The van der Waals surface area contributed by atoms with Gasteiger partial charge in [0.15, 0.2) is 0 Å². The van der Waals surface area contributed by atoms with Gasteiger partial charge in [-0.05, 0) is 25.0 Å². The van der Waals surface area contributed by atoms with Gasteiger partial charge in [0.1, 0.15) is 12.4 Å². The Kier molecular flexibility index (Phi) is 5.74. The number of rotatable bonds is 6. The zero-order valence-corrected chi connectivity index (χ0v) is 16.3. The first-order valence-corrected chi connectivity index (χ1v) is 9.94. The van der Waals surface area contributed by atoms with E-state index in [2.05, 4.69) is 4.90 Å². The largest absolute Gasteiger partial charge is 0.491 e. The lowest BCUT2D eigenvalue weighted by Crippen LogP contribution is -2.38. The average Bonchev–Trinajstić information content (AvgIpc) is 2.75. The molecule has 1 aliphatic rings. The SMILES string of the molecule is NC(=O)c1cccc2c(OCCN3CCC(O)CC3)cc(-c3ccccc3)nc12. The van der Waals surface area contributed by atoms with Crippen molar-refractivity contribution in [2.75, 3.05) is 26.2 Å². The molecule has 150 valence electrons. The number of aromatic nitrogens is 1. The number of nitrogens with two attached hydrogens (primary N) is 1. The molecule has 0 spiro atoms. The van der Waals surface area contributed by atoms with E-state index in [1.54, 1.807) is 12.1 Å². The van der Waals surface area contributed by atoms with Crippen LogP contribution < -0.4 is 10.5 Å². The highest BCUT2D eigenvalue weighted by molar-refractivity contribution is 6.06. The molecule has 0 bridgehead atoms. The first-order valence-electron chi connectivity index (χ1n) is 9.94. The summed E-state index contributed by atoms with van der Waals surface area (Å²) < 4.78 is 6.15. The molecule has 1 aromatic heterocycles. The number of fused-ring (bicyclic) bond motifs is 1. The fraction of sp³-hybridized carbons (Fsp3) is 0.304. The fourth-order valence-corrected chi connectivity index (χ4v) is 3.72. The standard InChI is InChI=1S/C23H25N3O3/c24-23(28)19-8-4-7-18-21(29-14-13-26-11-9-17(27)10-12-26)15-20(25-22(18)19)16-5-2-1-3-6-16/h1-8,15,17,27H,9-14H2,(H2,24,28). The Hall–Kier alpha value is -2.96. The third-order valence-corrected chi connectivity index (χ3v) is 5.36. The number of ether oxygens (including phenoxy) is 1. The lowest BCUT2D eigenvalue weighted by Gasteiger charge is -2.29. The molecule has 1 saturated heterocycles. The van der Waals surface area contributed by atoms with Crippen LogP contribution in [0.1, 0.15) is 23.2 Å². The number of piperidine rings is 1. The molecule has 1 aliphatic heterocycles. The van der Waals surface area contributed by atoms with E-state index in [4.69, 9.17) is 15.5 Å². The third kappa shape index (κ3) is 4.39. The van der Waals surface area contributed by atoms with E-state index in [9.17, 15) is 9.90 Å². The number of para-hydroxylation sites is 1. The maximum atomic E-state index is 11.9. The number of hydrogen-bond acceptors (Lipinski definition) is 5. The zero-order valence-electron chi connectivity index (χ0n) is 16.3. The molecule has 1 amide bonds. The topological polar surface area (TPSA) is 88.7 Å². The Bertz CT molecular complexity index is 999. The van der Waals surface area contributed by atoms with E-state index < -0.39 is 5.91 Å². The normalized spacial score (nSPS) is 15.5. The van der Waals surface area contributed by atoms with Gasteiger partial charge >= 0.3 is 0 Å². The Balaban J connectivity index is 1.64. The lowest BCUT2D eigenvalue weighted by atomic mass is 10.1. The van der Waals surface area contributed by atoms with Crippen LogP contribution in [-0.2, 0) is 0 Å². The van der Waals surface area contributed by atoms with Crippen molar-refractivity contribution in [1.82, 2.24) is 9.88 Å². The summed E-state index contributed by atoms with van der Waals surface area (Å²) >= 11 is 0. The smallest absolute Gasteiger partial charge is 0.250 e.